The van der Waals surface area contributed by atoms with Crippen LogP contribution in [-0.2, 0) is 11.2 Å². The molecule has 1 amide bonds. The standard InChI is InChI=1S/C28H31FN6OS/c1-3-8-24-30-27(26-20(2)32-35(28(26)31-24)22-13-11-21(29)12-14-22)34-16-7-15-33(17-18-34)25(36)19-37-23-9-5-4-6-10-23/h4-6,9-14H,3,7-8,15-19H2,1-2H3. The number of amides is 1. The monoisotopic (exact) mass is 518 g/mol. The fourth-order valence-corrected chi connectivity index (χ4v) is 5.49. The zero-order valence-electron chi connectivity index (χ0n) is 21.2. The van der Waals surface area contributed by atoms with E-state index in [4.69, 9.17) is 15.1 Å². The van der Waals surface area contributed by atoms with Crippen molar-refractivity contribution in [3.63, 3.8) is 0 Å². The van der Waals surface area contributed by atoms with Crippen molar-refractivity contribution in [2.45, 2.75) is 38.0 Å². The molecule has 0 bridgehead atoms. The summed E-state index contributed by atoms with van der Waals surface area (Å²) in [5.41, 5.74) is 2.32. The second kappa shape index (κ2) is 11.3. The molecule has 1 saturated heterocycles. The maximum absolute atomic E-state index is 13.6. The largest absolute Gasteiger partial charge is 0.354 e. The lowest BCUT2D eigenvalue weighted by atomic mass is 10.2. The summed E-state index contributed by atoms with van der Waals surface area (Å²) in [5.74, 6) is 1.95. The van der Waals surface area contributed by atoms with E-state index in [9.17, 15) is 9.18 Å². The van der Waals surface area contributed by atoms with Crippen LogP contribution < -0.4 is 4.90 Å². The van der Waals surface area contributed by atoms with E-state index in [-0.39, 0.29) is 11.7 Å². The topological polar surface area (TPSA) is 67.2 Å². The molecule has 37 heavy (non-hydrogen) atoms. The molecule has 0 aliphatic carbocycles. The first kappa shape index (κ1) is 25.2. The van der Waals surface area contributed by atoms with Gasteiger partial charge in [0.05, 0.1) is 22.5 Å². The molecule has 192 valence electrons. The molecule has 3 heterocycles. The van der Waals surface area contributed by atoms with E-state index in [0.29, 0.717) is 18.8 Å². The van der Waals surface area contributed by atoms with Gasteiger partial charge in [-0.2, -0.15) is 5.10 Å². The number of thioether (sulfide) groups is 1. The molecule has 7 nitrogen and oxygen atoms in total. The number of hydrogen-bond acceptors (Lipinski definition) is 6. The molecule has 1 aliphatic rings. The van der Waals surface area contributed by atoms with Gasteiger partial charge in [-0.1, -0.05) is 25.1 Å². The molecule has 0 unspecified atom stereocenters. The highest BCUT2D eigenvalue weighted by molar-refractivity contribution is 8.00. The number of rotatable bonds is 7. The van der Waals surface area contributed by atoms with Gasteiger partial charge in [0.25, 0.3) is 0 Å². The predicted molar refractivity (Wildman–Crippen MR) is 146 cm³/mol. The number of aromatic nitrogens is 4. The number of halogens is 1. The predicted octanol–water partition coefficient (Wildman–Crippen LogP) is 5.05. The second-order valence-corrected chi connectivity index (χ2v) is 10.3. The van der Waals surface area contributed by atoms with E-state index in [1.165, 1.54) is 12.1 Å². The van der Waals surface area contributed by atoms with Crippen LogP contribution in [0.4, 0.5) is 10.2 Å². The summed E-state index contributed by atoms with van der Waals surface area (Å²) in [6.07, 6.45) is 2.54. The normalized spacial score (nSPS) is 14.2. The number of benzene rings is 2. The molecule has 4 aromatic rings. The van der Waals surface area contributed by atoms with Gasteiger partial charge >= 0.3 is 0 Å². The highest BCUT2D eigenvalue weighted by Crippen LogP contribution is 2.30. The van der Waals surface area contributed by atoms with Gasteiger partial charge in [0.15, 0.2) is 5.65 Å². The first-order chi connectivity index (χ1) is 18.0. The number of aryl methyl sites for hydroxylation is 2. The van der Waals surface area contributed by atoms with E-state index in [0.717, 1.165) is 71.3 Å². The van der Waals surface area contributed by atoms with Crippen molar-refractivity contribution in [3.05, 3.63) is 71.9 Å². The van der Waals surface area contributed by atoms with Crippen LogP contribution in [0.2, 0.25) is 0 Å². The quantitative estimate of drug-likeness (QED) is 0.319. The van der Waals surface area contributed by atoms with Crippen molar-refractivity contribution in [2.24, 2.45) is 0 Å². The maximum atomic E-state index is 13.6. The smallest absolute Gasteiger partial charge is 0.232 e. The molecule has 0 radical (unpaired) electrons. The molecule has 2 aromatic carbocycles. The molecular weight excluding hydrogens is 487 g/mol. The Morgan fingerprint density at radius 3 is 2.54 bits per heavy atom. The molecule has 0 atom stereocenters. The van der Waals surface area contributed by atoms with Gasteiger partial charge in [0, 0.05) is 37.5 Å². The number of hydrogen-bond donors (Lipinski definition) is 0. The van der Waals surface area contributed by atoms with Crippen molar-refractivity contribution < 1.29 is 9.18 Å². The van der Waals surface area contributed by atoms with E-state index in [2.05, 4.69) is 11.8 Å². The van der Waals surface area contributed by atoms with Crippen LogP contribution >= 0.6 is 11.8 Å². The van der Waals surface area contributed by atoms with Crippen LogP contribution in [0.25, 0.3) is 16.7 Å². The summed E-state index contributed by atoms with van der Waals surface area (Å²) < 4.78 is 15.3. The summed E-state index contributed by atoms with van der Waals surface area (Å²) in [7, 11) is 0. The first-order valence-corrected chi connectivity index (χ1v) is 13.7. The number of anilines is 1. The third kappa shape index (κ3) is 5.61. The summed E-state index contributed by atoms with van der Waals surface area (Å²) in [4.78, 5) is 28.2. The molecular formula is C28H31FN6OS. The van der Waals surface area contributed by atoms with Crippen LogP contribution in [0.5, 0.6) is 0 Å². The van der Waals surface area contributed by atoms with Crippen molar-refractivity contribution >= 4 is 34.5 Å². The third-order valence-corrected chi connectivity index (χ3v) is 7.52. The van der Waals surface area contributed by atoms with Crippen LogP contribution in [0, 0.1) is 12.7 Å². The lowest BCUT2D eigenvalue weighted by Gasteiger charge is -2.24. The number of carbonyl (C=O) groups is 1. The molecule has 5 rings (SSSR count). The highest BCUT2D eigenvalue weighted by atomic mass is 32.2. The molecule has 2 aromatic heterocycles. The van der Waals surface area contributed by atoms with Crippen LogP contribution in [0.15, 0.2) is 59.5 Å². The average Bonchev–Trinajstić information content (AvgIpc) is 3.08. The summed E-state index contributed by atoms with van der Waals surface area (Å²) >= 11 is 1.58. The Bertz CT molecular complexity index is 1380. The first-order valence-electron chi connectivity index (χ1n) is 12.8. The molecule has 1 aliphatic heterocycles. The van der Waals surface area contributed by atoms with Gasteiger partial charge in [0.2, 0.25) is 5.91 Å². The number of nitrogens with zero attached hydrogens (tertiary/aromatic N) is 6. The average molecular weight is 519 g/mol. The van der Waals surface area contributed by atoms with Crippen molar-refractivity contribution in [1.82, 2.24) is 24.6 Å². The van der Waals surface area contributed by atoms with E-state index < -0.39 is 0 Å². The lowest BCUT2D eigenvalue weighted by Crippen LogP contribution is -2.36. The fraction of sp³-hybridized carbons (Fsp3) is 0.357. The van der Waals surface area contributed by atoms with E-state index >= 15 is 0 Å². The van der Waals surface area contributed by atoms with Crippen molar-refractivity contribution in [1.29, 1.82) is 0 Å². The summed E-state index contributed by atoms with van der Waals surface area (Å²) in [5, 5.41) is 5.67. The zero-order chi connectivity index (χ0) is 25.8. The second-order valence-electron chi connectivity index (χ2n) is 9.21. The number of fused-ring (bicyclic) bond motifs is 1. The Balaban J connectivity index is 1.40. The molecule has 0 saturated carbocycles. The molecule has 0 N–H and O–H groups in total. The van der Waals surface area contributed by atoms with Gasteiger partial charge in [0.1, 0.15) is 17.5 Å². The number of carbonyl (C=O) groups excluding carboxylic acids is 1. The van der Waals surface area contributed by atoms with E-state index in [1.54, 1.807) is 28.6 Å². The SMILES string of the molecule is CCCc1nc(N2CCCN(C(=O)CSc3ccccc3)CC2)c2c(C)nn(-c3ccc(F)cc3)c2n1. The van der Waals surface area contributed by atoms with Crippen LogP contribution in [0.3, 0.4) is 0 Å². The van der Waals surface area contributed by atoms with Gasteiger partial charge in [-0.15, -0.1) is 11.8 Å². The minimum atomic E-state index is -0.287. The Kier molecular flexibility index (Phi) is 7.69. The van der Waals surface area contributed by atoms with Crippen molar-refractivity contribution in [3.8, 4) is 5.69 Å². The van der Waals surface area contributed by atoms with Gasteiger partial charge < -0.3 is 9.80 Å². The lowest BCUT2D eigenvalue weighted by molar-refractivity contribution is -0.128. The Labute approximate surface area is 220 Å². The zero-order valence-corrected chi connectivity index (χ0v) is 22.0. The van der Waals surface area contributed by atoms with E-state index in [1.807, 2.05) is 42.2 Å². The highest BCUT2D eigenvalue weighted by Gasteiger charge is 2.25. The van der Waals surface area contributed by atoms with Crippen LogP contribution in [-0.4, -0.2) is 62.5 Å². The van der Waals surface area contributed by atoms with Crippen LogP contribution in [0.1, 0.15) is 31.3 Å². The Morgan fingerprint density at radius 1 is 1.00 bits per heavy atom. The Hall–Kier alpha value is -3.46. The maximum Gasteiger partial charge on any atom is 0.232 e. The van der Waals surface area contributed by atoms with Crippen molar-refractivity contribution in [2.75, 3.05) is 36.8 Å². The minimum absolute atomic E-state index is 0.163. The van der Waals surface area contributed by atoms with Gasteiger partial charge in [-0.25, -0.2) is 19.0 Å². The van der Waals surface area contributed by atoms with Gasteiger partial charge in [-0.05, 0) is 56.2 Å². The summed E-state index contributed by atoms with van der Waals surface area (Å²) in [6.45, 7) is 6.94. The minimum Gasteiger partial charge on any atom is -0.354 e. The van der Waals surface area contributed by atoms with Gasteiger partial charge in [-0.3, -0.25) is 4.79 Å². The Morgan fingerprint density at radius 2 is 1.78 bits per heavy atom. The third-order valence-electron chi connectivity index (χ3n) is 6.53. The summed E-state index contributed by atoms with van der Waals surface area (Å²) in [6, 6.07) is 16.3. The fourth-order valence-electron chi connectivity index (χ4n) is 4.66. The molecule has 0 spiro atoms. The molecule has 9 heteroatoms. The molecule has 1 fully saturated rings.